The second-order valence-corrected chi connectivity index (χ2v) is 5.47. The minimum Gasteiger partial charge on any atom is -0.383 e. The van der Waals surface area contributed by atoms with Crippen molar-refractivity contribution in [2.24, 2.45) is 0 Å². The molecule has 2 unspecified atom stereocenters. The molecule has 2 fully saturated rings. The van der Waals surface area contributed by atoms with Gasteiger partial charge in [-0.2, -0.15) is 0 Å². The number of rotatable bonds is 1. The lowest BCUT2D eigenvalue weighted by molar-refractivity contribution is -0.117. The predicted octanol–water partition coefficient (Wildman–Crippen LogP) is 1.86. The van der Waals surface area contributed by atoms with Crippen LogP contribution in [0.25, 0.3) is 5.65 Å². The van der Waals surface area contributed by atoms with Crippen LogP contribution in [-0.2, 0) is 10.3 Å². The molecule has 94 valence electrons. The van der Waals surface area contributed by atoms with Crippen molar-refractivity contribution in [3.05, 3.63) is 36.3 Å². The molecular weight excluding hydrogens is 228 g/mol. The van der Waals surface area contributed by atoms with Gasteiger partial charge in [-0.1, -0.05) is 6.07 Å². The SMILES string of the molecule is OC1(c2cnc3ccccn23)CC2CCC(C1)O2. The number of nitrogens with zero attached hydrogens (tertiary/aromatic N) is 2. The van der Waals surface area contributed by atoms with Crippen molar-refractivity contribution >= 4 is 5.65 Å². The maximum atomic E-state index is 11.0. The Hall–Kier alpha value is -1.39. The fraction of sp³-hybridized carbons (Fsp3) is 0.500. The fourth-order valence-electron chi connectivity index (χ4n) is 3.40. The minimum atomic E-state index is -0.787. The van der Waals surface area contributed by atoms with E-state index in [0.717, 1.165) is 24.2 Å². The standard InChI is InChI=1S/C14H16N2O2/c17-14(7-10-4-5-11(8-14)18-10)12-9-15-13-3-1-2-6-16(12)13/h1-3,6,9-11,17H,4-5,7-8H2. The lowest BCUT2D eigenvalue weighted by atomic mass is 9.87. The molecule has 0 saturated carbocycles. The Morgan fingerprint density at radius 3 is 2.83 bits per heavy atom. The van der Waals surface area contributed by atoms with Gasteiger partial charge in [-0.05, 0) is 25.0 Å². The molecule has 4 heterocycles. The smallest absolute Gasteiger partial charge is 0.136 e. The summed E-state index contributed by atoms with van der Waals surface area (Å²) in [5.41, 5.74) is 1.00. The Bertz CT molecular complexity index is 580. The largest absolute Gasteiger partial charge is 0.383 e. The molecule has 2 aromatic heterocycles. The van der Waals surface area contributed by atoms with E-state index in [1.54, 1.807) is 6.20 Å². The number of pyridine rings is 1. The first kappa shape index (κ1) is 10.5. The summed E-state index contributed by atoms with van der Waals surface area (Å²) in [4.78, 5) is 4.37. The van der Waals surface area contributed by atoms with Gasteiger partial charge in [0.2, 0.25) is 0 Å². The summed E-state index contributed by atoms with van der Waals surface area (Å²) in [7, 11) is 0. The normalized spacial score (nSPS) is 35.2. The summed E-state index contributed by atoms with van der Waals surface area (Å²) in [6.07, 6.45) is 7.71. The maximum absolute atomic E-state index is 11.0. The average Bonchev–Trinajstić information content (AvgIpc) is 2.93. The summed E-state index contributed by atoms with van der Waals surface area (Å²) in [5, 5.41) is 11.0. The van der Waals surface area contributed by atoms with Crippen molar-refractivity contribution in [1.82, 2.24) is 9.38 Å². The molecule has 0 spiro atoms. The third-order valence-electron chi connectivity index (χ3n) is 4.22. The average molecular weight is 244 g/mol. The molecule has 2 aliphatic heterocycles. The van der Waals surface area contributed by atoms with Crippen LogP contribution in [0, 0.1) is 0 Å². The number of aromatic nitrogens is 2. The van der Waals surface area contributed by atoms with Crippen molar-refractivity contribution < 1.29 is 9.84 Å². The van der Waals surface area contributed by atoms with Crippen LogP contribution >= 0.6 is 0 Å². The Morgan fingerprint density at radius 1 is 1.28 bits per heavy atom. The number of hydrogen-bond acceptors (Lipinski definition) is 3. The van der Waals surface area contributed by atoms with Crippen LogP contribution < -0.4 is 0 Å². The molecule has 0 aromatic carbocycles. The number of fused-ring (bicyclic) bond motifs is 3. The molecule has 0 amide bonds. The summed E-state index contributed by atoms with van der Waals surface area (Å²) >= 11 is 0. The zero-order valence-corrected chi connectivity index (χ0v) is 10.1. The van der Waals surface area contributed by atoms with Crippen LogP contribution in [0.2, 0.25) is 0 Å². The van der Waals surface area contributed by atoms with E-state index in [4.69, 9.17) is 4.74 Å². The van der Waals surface area contributed by atoms with E-state index in [1.807, 2.05) is 28.8 Å². The second-order valence-electron chi connectivity index (χ2n) is 5.47. The van der Waals surface area contributed by atoms with E-state index < -0.39 is 5.60 Å². The molecule has 2 bridgehead atoms. The van der Waals surface area contributed by atoms with Crippen molar-refractivity contribution in [1.29, 1.82) is 0 Å². The van der Waals surface area contributed by atoms with E-state index in [-0.39, 0.29) is 12.2 Å². The summed E-state index contributed by atoms with van der Waals surface area (Å²) in [5.74, 6) is 0. The van der Waals surface area contributed by atoms with Gasteiger partial charge in [0, 0.05) is 19.0 Å². The van der Waals surface area contributed by atoms with Crippen LogP contribution in [0.1, 0.15) is 31.4 Å². The van der Waals surface area contributed by atoms with E-state index in [9.17, 15) is 5.11 Å². The Balaban J connectivity index is 1.82. The van der Waals surface area contributed by atoms with Gasteiger partial charge < -0.3 is 14.2 Å². The Labute approximate surface area is 105 Å². The van der Waals surface area contributed by atoms with Crippen LogP contribution in [-0.4, -0.2) is 26.7 Å². The molecule has 18 heavy (non-hydrogen) atoms. The lowest BCUT2D eigenvalue weighted by Crippen LogP contribution is -2.39. The molecule has 4 heteroatoms. The van der Waals surface area contributed by atoms with Crippen LogP contribution in [0.15, 0.2) is 30.6 Å². The van der Waals surface area contributed by atoms with Gasteiger partial charge in [0.1, 0.15) is 11.2 Å². The molecule has 4 nitrogen and oxygen atoms in total. The van der Waals surface area contributed by atoms with Gasteiger partial charge in [-0.25, -0.2) is 4.98 Å². The van der Waals surface area contributed by atoms with Gasteiger partial charge in [0.25, 0.3) is 0 Å². The summed E-state index contributed by atoms with van der Waals surface area (Å²) in [6, 6.07) is 5.89. The minimum absolute atomic E-state index is 0.211. The van der Waals surface area contributed by atoms with Gasteiger partial charge in [0.15, 0.2) is 0 Å². The lowest BCUT2D eigenvalue weighted by Gasteiger charge is -2.36. The monoisotopic (exact) mass is 244 g/mol. The van der Waals surface area contributed by atoms with Crippen molar-refractivity contribution in [3.63, 3.8) is 0 Å². The first-order chi connectivity index (χ1) is 8.74. The zero-order valence-electron chi connectivity index (χ0n) is 10.1. The zero-order chi connectivity index (χ0) is 12.2. The molecule has 0 radical (unpaired) electrons. The first-order valence-corrected chi connectivity index (χ1v) is 6.55. The number of hydrogen-bond donors (Lipinski definition) is 1. The van der Waals surface area contributed by atoms with E-state index >= 15 is 0 Å². The van der Waals surface area contributed by atoms with Gasteiger partial charge in [-0.3, -0.25) is 0 Å². The molecular formula is C14H16N2O2. The predicted molar refractivity (Wildman–Crippen MR) is 66.2 cm³/mol. The highest BCUT2D eigenvalue weighted by molar-refractivity contribution is 5.41. The summed E-state index contributed by atoms with van der Waals surface area (Å²) < 4.78 is 7.80. The quantitative estimate of drug-likeness (QED) is 0.833. The maximum Gasteiger partial charge on any atom is 0.136 e. The van der Waals surface area contributed by atoms with E-state index in [0.29, 0.717) is 12.8 Å². The molecule has 2 saturated heterocycles. The van der Waals surface area contributed by atoms with E-state index in [1.165, 1.54) is 0 Å². The van der Waals surface area contributed by atoms with Crippen molar-refractivity contribution in [3.8, 4) is 0 Å². The highest BCUT2D eigenvalue weighted by Crippen LogP contribution is 2.43. The molecule has 2 atom stereocenters. The highest BCUT2D eigenvalue weighted by atomic mass is 16.5. The number of ether oxygens (including phenoxy) is 1. The van der Waals surface area contributed by atoms with Crippen LogP contribution in [0.3, 0.4) is 0 Å². The number of aliphatic hydroxyl groups is 1. The third kappa shape index (κ3) is 1.42. The Kier molecular flexibility index (Phi) is 2.08. The highest BCUT2D eigenvalue weighted by Gasteiger charge is 2.46. The topological polar surface area (TPSA) is 46.8 Å². The van der Waals surface area contributed by atoms with Crippen LogP contribution in [0.5, 0.6) is 0 Å². The molecule has 0 aliphatic carbocycles. The second kappa shape index (κ2) is 3.56. The van der Waals surface area contributed by atoms with Crippen LogP contribution in [0.4, 0.5) is 0 Å². The fourth-order valence-corrected chi connectivity index (χ4v) is 3.40. The molecule has 2 aromatic rings. The summed E-state index contributed by atoms with van der Waals surface area (Å²) in [6.45, 7) is 0. The van der Waals surface area contributed by atoms with Gasteiger partial charge >= 0.3 is 0 Å². The molecule has 2 aliphatic rings. The van der Waals surface area contributed by atoms with Gasteiger partial charge in [-0.15, -0.1) is 0 Å². The molecule has 4 rings (SSSR count). The van der Waals surface area contributed by atoms with Crippen molar-refractivity contribution in [2.75, 3.05) is 0 Å². The third-order valence-corrected chi connectivity index (χ3v) is 4.22. The van der Waals surface area contributed by atoms with Crippen molar-refractivity contribution in [2.45, 2.75) is 43.5 Å². The molecule has 1 N–H and O–H groups in total. The van der Waals surface area contributed by atoms with E-state index in [2.05, 4.69) is 4.98 Å². The van der Waals surface area contributed by atoms with Gasteiger partial charge in [0.05, 0.1) is 24.1 Å². The first-order valence-electron chi connectivity index (χ1n) is 6.55. The Morgan fingerprint density at radius 2 is 2.06 bits per heavy atom. The number of imidazole rings is 1.